The number of nitrogens with one attached hydrogen (secondary N) is 1. The molecule has 4 aromatic rings. The Balaban J connectivity index is 1.36. The van der Waals surface area contributed by atoms with Crippen molar-refractivity contribution in [3.8, 4) is 16.3 Å². The standard InChI is InChI=1S/C22H17N3O2S/c26-21(20-15-28-22(25-20)17-7-4-12-23-13-17)24-18-8-10-19(11-9-18)27-14-16-5-2-1-3-6-16/h1-13,15H,14H2,(H,24,26). The summed E-state index contributed by atoms with van der Waals surface area (Å²) < 4.78 is 5.76. The largest absolute Gasteiger partial charge is 0.489 e. The third-order valence-corrected chi connectivity index (χ3v) is 4.90. The number of aromatic nitrogens is 2. The van der Waals surface area contributed by atoms with Gasteiger partial charge in [0, 0.05) is 29.0 Å². The highest BCUT2D eigenvalue weighted by molar-refractivity contribution is 7.13. The van der Waals surface area contributed by atoms with E-state index in [-0.39, 0.29) is 5.91 Å². The summed E-state index contributed by atoms with van der Waals surface area (Å²) in [7, 11) is 0. The maximum Gasteiger partial charge on any atom is 0.275 e. The number of benzene rings is 2. The number of carbonyl (C=O) groups is 1. The summed E-state index contributed by atoms with van der Waals surface area (Å²) in [6.07, 6.45) is 3.44. The Kier molecular flexibility index (Phi) is 5.40. The molecule has 0 spiro atoms. The van der Waals surface area contributed by atoms with Crippen LogP contribution in [0.3, 0.4) is 0 Å². The maximum atomic E-state index is 12.4. The summed E-state index contributed by atoms with van der Waals surface area (Å²) in [5.41, 5.74) is 3.07. The van der Waals surface area contributed by atoms with Crippen molar-refractivity contribution in [2.24, 2.45) is 0 Å². The third-order valence-electron chi connectivity index (χ3n) is 4.01. The summed E-state index contributed by atoms with van der Waals surface area (Å²) in [4.78, 5) is 20.9. The van der Waals surface area contributed by atoms with E-state index in [1.165, 1.54) is 11.3 Å². The van der Waals surface area contributed by atoms with Gasteiger partial charge in [-0.3, -0.25) is 9.78 Å². The van der Waals surface area contributed by atoms with E-state index in [2.05, 4.69) is 15.3 Å². The molecule has 2 heterocycles. The number of amides is 1. The molecule has 1 amide bonds. The van der Waals surface area contributed by atoms with E-state index in [4.69, 9.17) is 4.74 Å². The summed E-state index contributed by atoms with van der Waals surface area (Å²) in [5, 5.41) is 5.37. The molecule has 2 aromatic heterocycles. The number of anilines is 1. The Morgan fingerprint density at radius 1 is 1.00 bits per heavy atom. The number of hydrogen-bond donors (Lipinski definition) is 1. The Morgan fingerprint density at radius 3 is 2.57 bits per heavy atom. The molecule has 0 unspecified atom stereocenters. The Morgan fingerprint density at radius 2 is 1.82 bits per heavy atom. The Hall–Kier alpha value is -3.51. The van der Waals surface area contributed by atoms with Crippen LogP contribution in [0.1, 0.15) is 16.1 Å². The highest BCUT2D eigenvalue weighted by Crippen LogP contribution is 2.23. The van der Waals surface area contributed by atoms with E-state index in [1.807, 2.05) is 66.7 Å². The first-order valence-electron chi connectivity index (χ1n) is 8.72. The number of nitrogens with zero attached hydrogens (tertiary/aromatic N) is 2. The second kappa shape index (κ2) is 8.45. The highest BCUT2D eigenvalue weighted by Gasteiger charge is 2.12. The van der Waals surface area contributed by atoms with Crippen molar-refractivity contribution >= 4 is 22.9 Å². The van der Waals surface area contributed by atoms with Crippen LogP contribution in [-0.2, 0) is 6.61 Å². The van der Waals surface area contributed by atoms with Crippen molar-refractivity contribution in [3.05, 3.63) is 95.8 Å². The Labute approximate surface area is 166 Å². The number of thiazole rings is 1. The van der Waals surface area contributed by atoms with Crippen molar-refractivity contribution in [3.63, 3.8) is 0 Å². The quantitative estimate of drug-likeness (QED) is 0.504. The van der Waals surface area contributed by atoms with Gasteiger partial charge in [-0.1, -0.05) is 30.3 Å². The molecule has 5 nitrogen and oxygen atoms in total. The topological polar surface area (TPSA) is 64.1 Å². The van der Waals surface area contributed by atoms with Crippen LogP contribution in [0.4, 0.5) is 5.69 Å². The lowest BCUT2D eigenvalue weighted by Crippen LogP contribution is -2.12. The number of hydrogen-bond acceptors (Lipinski definition) is 5. The fourth-order valence-corrected chi connectivity index (χ4v) is 3.36. The highest BCUT2D eigenvalue weighted by atomic mass is 32.1. The predicted molar refractivity (Wildman–Crippen MR) is 111 cm³/mol. The van der Waals surface area contributed by atoms with Gasteiger partial charge in [-0.15, -0.1) is 11.3 Å². The molecule has 6 heteroatoms. The van der Waals surface area contributed by atoms with Gasteiger partial charge in [0.15, 0.2) is 0 Å². The van der Waals surface area contributed by atoms with Crippen LogP contribution in [0.25, 0.3) is 10.6 Å². The van der Waals surface area contributed by atoms with Crippen LogP contribution in [0.2, 0.25) is 0 Å². The fraction of sp³-hybridized carbons (Fsp3) is 0.0455. The monoisotopic (exact) mass is 387 g/mol. The summed E-state index contributed by atoms with van der Waals surface area (Å²) in [6, 6.07) is 21.0. The second-order valence-corrected chi connectivity index (χ2v) is 6.89. The molecule has 2 aromatic carbocycles. The van der Waals surface area contributed by atoms with Gasteiger partial charge in [0.05, 0.1) is 0 Å². The molecule has 28 heavy (non-hydrogen) atoms. The van der Waals surface area contributed by atoms with Crippen LogP contribution < -0.4 is 10.1 Å². The van der Waals surface area contributed by atoms with E-state index in [9.17, 15) is 4.79 Å². The summed E-state index contributed by atoms with van der Waals surface area (Å²) >= 11 is 1.42. The van der Waals surface area contributed by atoms with Crippen LogP contribution in [0, 0.1) is 0 Å². The second-order valence-electron chi connectivity index (χ2n) is 6.03. The lowest BCUT2D eigenvalue weighted by atomic mass is 10.2. The first kappa shape index (κ1) is 17.9. The van der Waals surface area contributed by atoms with Gasteiger partial charge in [-0.25, -0.2) is 4.98 Å². The molecule has 1 N–H and O–H groups in total. The number of ether oxygens (including phenoxy) is 1. The van der Waals surface area contributed by atoms with Crippen LogP contribution in [0.15, 0.2) is 84.5 Å². The van der Waals surface area contributed by atoms with Gasteiger partial charge in [0.25, 0.3) is 5.91 Å². The van der Waals surface area contributed by atoms with Gasteiger partial charge in [-0.05, 0) is 42.0 Å². The van der Waals surface area contributed by atoms with Crippen molar-refractivity contribution in [1.82, 2.24) is 9.97 Å². The van der Waals surface area contributed by atoms with Crippen LogP contribution in [-0.4, -0.2) is 15.9 Å². The smallest absolute Gasteiger partial charge is 0.275 e. The normalized spacial score (nSPS) is 10.4. The molecular formula is C22H17N3O2S. The molecule has 0 saturated heterocycles. The average Bonchev–Trinajstić information content (AvgIpc) is 3.25. The Bertz CT molecular complexity index is 1050. The molecule has 0 bridgehead atoms. The van der Waals surface area contributed by atoms with E-state index in [1.54, 1.807) is 17.8 Å². The molecule has 0 aliphatic carbocycles. The van der Waals surface area contributed by atoms with Gasteiger partial charge in [0.2, 0.25) is 0 Å². The first-order valence-corrected chi connectivity index (χ1v) is 9.60. The molecule has 0 fully saturated rings. The predicted octanol–water partition coefficient (Wildman–Crippen LogP) is 5.04. The molecule has 4 rings (SSSR count). The minimum atomic E-state index is -0.246. The van der Waals surface area contributed by atoms with Crippen LogP contribution >= 0.6 is 11.3 Å². The average molecular weight is 387 g/mol. The van der Waals surface area contributed by atoms with Crippen molar-refractivity contribution in [2.45, 2.75) is 6.61 Å². The zero-order chi connectivity index (χ0) is 19.2. The van der Waals surface area contributed by atoms with Gasteiger partial charge >= 0.3 is 0 Å². The molecular weight excluding hydrogens is 370 g/mol. The third kappa shape index (κ3) is 4.42. The zero-order valence-electron chi connectivity index (χ0n) is 14.9. The van der Waals surface area contributed by atoms with E-state index in [0.29, 0.717) is 18.0 Å². The number of rotatable bonds is 6. The molecule has 0 aliphatic rings. The summed E-state index contributed by atoms with van der Waals surface area (Å²) in [5.74, 6) is 0.499. The van der Waals surface area contributed by atoms with Gasteiger partial charge < -0.3 is 10.1 Å². The number of carbonyl (C=O) groups excluding carboxylic acids is 1. The SMILES string of the molecule is O=C(Nc1ccc(OCc2ccccc2)cc1)c1csc(-c2cccnc2)n1. The molecule has 138 valence electrons. The van der Waals surface area contributed by atoms with E-state index >= 15 is 0 Å². The first-order chi connectivity index (χ1) is 13.8. The van der Waals surface area contributed by atoms with Crippen LogP contribution in [0.5, 0.6) is 5.75 Å². The summed E-state index contributed by atoms with van der Waals surface area (Å²) in [6.45, 7) is 0.502. The van der Waals surface area contributed by atoms with E-state index in [0.717, 1.165) is 21.9 Å². The zero-order valence-corrected chi connectivity index (χ0v) is 15.7. The lowest BCUT2D eigenvalue weighted by Gasteiger charge is -2.08. The minimum Gasteiger partial charge on any atom is -0.489 e. The van der Waals surface area contributed by atoms with Crippen molar-refractivity contribution in [1.29, 1.82) is 0 Å². The molecule has 0 radical (unpaired) electrons. The lowest BCUT2D eigenvalue weighted by molar-refractivity contribution is 0.102. The van der Waals surface area contributed by atoms with Crippen molar-refractivity contribution < 1.29 is 9.53 Å². The fourth-order valence-electron chi connectivity index (χ4n) is 2.57. The maximum absolute atomic E-state index is 12.4. The minimum absolute atomic E-state index is 0.246. The molecule has 0 saturated carbocycles. The van der Waals surface area contributed by atoms with Gasteiger partial charge in [-0.2, -0.15) is 0 Å². The molecule has 0 atom stereocenters. The number of pyridine rings is 1. The molecule has 0 aliphatic heterocycles. The van der Waals surface area contributed by atoms with Crippen molar-refractivity contribution in [2.75, 3.05) is 5.32 Å². The van der Waals surface area contributed by atoms with E-state index < -0.39 is 0 Å². The van der Waals surface area contributed by atoms with Gasteiger partial charge in [0.1, 0.15) is 23.1 Å².